The Bertz CT molecular complexity index is 633. The topological polar surface area (TPSA) is 52.6 Å². The van der Waals surface area contributed by atoms with Gasteiger partial charge in [0, 0.05) is 12.8 Å². The second-order valence-electron chi connectivity index (χ2n) is 14.8. The quantitative estimate of drug-likeness (QED) is 0.0496. The molecule has 4 heteroatoms. The van der Waals surface area contributed by atoms with Crippen LogP contribution in [0.5, 0.6) is 0 Å². The molecule has 4 nitrogen and oxygen atoms in total. The van der Waals surface area contributed by atoms with Gasteiger partial charge >= 0.3 is 11.9 Å². The number of hydrogen-bond donors (Lipinski definition) is 0. The third-order valence-corrected chi connectivity index (χ3v) is 9.82. The molecule has 0 aromatic heterocycles. The molecule has 0 aromatic carbocycles. The zero-order valence-corrected chi connectivity index (χ0v) is 31.8. The molecule has 0 aliphatic carbocycles. The van der Waals surface area contributed by atoms with E-state index in [0.29, 0.717) is 26.1 Å². The molecule has 0 aromatic rings. The molecule has 0 spiro atoms. The van der Waals surface area contributed by atoms with E-state index < -0.39 is 0 Å². The summed E-state index contributed by atoms with van der Waals surface area (Å²) < 4.78 is 10.8. The Kier molecular flexibility index (Phi) is 35.9. The Morgan fingerprint density at radius 3 is 1.02 bits per heavy atom. The van der Waals surface area contributed by atoms with Crippen molar-refractivity contribution in [3.8, 4) is 0 Å². The van der Waals surface area contributed by atoms with Crippen LogP contribution in [0.2, 0.25) is 0 Å². The minimum Gasteiger partial charge on any atom is -0.466 e. The van der Waals surface area contributed by atoms with Gasteiger partial charge in [0.1, 0.15) is 0 Å². The maximum Gasteiger partial charge on any atom is 0.305 e. The minimum absolute atomic E-state index is 0.00769. The fourth-order valence-electron chi connectivity index (χ4n) is 6.50. The molecule has 0 fully saturated rings. The molecule has 0 bridgehead atoms. The van der Waals surface area contributed by atoms with Crippen molar-refractivity contribution in [3.05, 3.63) is 0 Å². The van der Waals surface area contributed by atoms with Gasteiger partial charge in [-0.3, -0.25) is 9.59 Å². The smallest absolute Gasteiger partial charge is 0.305 e. The van der Waals surface area contributed by atoms with E-state index in [2.05, 4.69) is 27.7 Å². The van der Waals surface area contributed by atoms with Crippen molar-refractivity contribution >= 4 is 11.9 Å². The van der Waals surface area contributed by atoms with Crippen molar-refractivity contribution in [1.82, 2.24) is 0 Å². The standard InChI is InChI=1S/C42H82O4/c1-5-7-9-11-13-20-26-35-41(43)45-37-28-22-16-15-18-24-31-39(3)33-30-34-40(4)32-25-19-17-23-29-38-46-42(44)36-27-21-14-12-10-8-6-2/h39-40H,5-38H2,1-4H3. The molecule has 0 saturated heterocycles. The number of carbonyl (C=O) groups is 2. The summed E-state index contributed by atoms with van der Waals surface area (Å²) >= 11 is 0. The summed E-state index contributed by atoms with van der Waals surface area (Å²) in [5.41, 5.74) is 0. The predicted molar refractivity (Wildman–Crippen MR) is 199 cm³/mol. The molecule has 2 unspecified atom stereocenters. The maximum absolute atomic E-state index is 11.9. The average molecular weight is 651 g/mol. The third kappa shape index (κ3) is 35.8. The van der Waals surface area contributed by atoms with Crippen molar-refractivity contribution in [2.75, 3.05) is 13.2 Å². The summed E-state index contributed by atoms with van der Waals surface area (Å²) in [6.07, 6.45) is 39.1. The van der Waals surface area contributed by atoms with Crippen molar-refractivity contribution in [2.24, 2.45) is 11.8 Å². The summed E-state index contributed by atoms with van der Waals surface area (Å²) in [7, 11) is 0. The van der Waals surface area contributed by atoms with Gasteiger partial charge in [-0.1, -0.05) is 195 Å². The molecule has 0 aliphatic rings. The zero-order chi connectivity index (χ0) is 33.8. The van der Waals surface area contributed by atoms with Crippen LogP contribution in [0.25, 0.3) is 0 Å². The first-order valence-corrected chi connectivity index (χ1v) is 20.8. The van der Waals surface area contributed by atoms with E-state index in [1.54, 1.807) is 0 Å². The van der Waals surface area contributed by atoms with Gasteiger partial charge in [-0.25, -0.2) is 0 Å². The van der Waals surface area contributed by atoms with Gasteiger partial charge in [0.25, 0.3) is 0 Å². The van der Waals surface area contributed by atoms with E-state index in [-0.39, 0.29) is 11.9 Å². The van der Waals surface area contributed by atoms with E-state index in [0.717, 1.165) is 37.5 Å². The molecule has 0 rings (SSSR count). The lowest BCUT2D eigenvalue weighted by molar-refractivity contribution is -0.144. The molecule has 0 amide bonds. The Hall–Kier alpha value is -1.06. The van der Waals surface area contributed by atoms with Crippen LogP contribution in [0.3, 0.4) is 0 Å². The highest BCUT2D eigenvalue weighted by atomic mass is 16.5. The number of rotatable bonds is 37. The van der Waals surface area contributed by atoms with E-state index >= 15 is 0 Å². The Labute approximate surface area is 288 Å². The van der Waals surface area contributed by atoms with Crippen molar-refractivity contribution in [3.63, 3.8) is 0 Å². The fraction of sp³-hybridized carbons (Fsp3) is 0.952. The Morgan fingerprint density at radius 2 is 0.652 bits per heavy atom. The molecule has 0 radical (unpaired) electrons. The molecule has 0 saturated carbocycles. The highest BCUT2D eigenvalue weighted by molar-refractivity contribution is 5.69. The molecule has 0 aliphatic heterocycles. The second kappa shape index (κ2) is 36.8. The highest BCUT2D eigenvalue weighted by Crippen LogP contribution is 2.22. The van der Waals surface area contributed by atoms with Crippen molar-refractivity contribution in [2.45, 2.75) is 233 Å². The first kappa shape index (κ1) is 44.9. The largest absolute Gasteiger partial charge is 0.466 e. The van der Waals surface area contributed by atoms with Crippen LogP contribution in [0, 0.1) is 11.8 Å². The van der Waals surface area contributed by atoms with Crippen LogP contribution in [-0.2, 0) is 19.1 Å². The molecule has 2 atom stereocenters. The van der Waals surface area contributed by atoms with Gasteiger partial charge < -0.3 is 9.47 Å². The summed E-state index contributed by atoms with van der Waals surface area (Å²) in [6, 6.07) is 0. The first-order chi connectivity index (χ1) is 22.5. The van der Waals surface area contributed by atoms with E-state index in [9.17, 15) is 9.59 Å². The number of esters is 2. The monoisotopic (exact) mass is 651 g/mol. The molecule has 0 heterocycles. The van der Waals surface area contributed by atoms with Gasteiger partial charge in [0.15, 0.2) is 0 Å². The first-order valence-electron chi connectivity index (χ1n) is 20.8. The molecular formula is C42H82O4. The van der Waals surface area contributed by atoms with Crippen LogP contribution in [0.1, 0.15) is 233 Å². The van der Waals surface area contributed by atoms with Gasteiger partial charge in [-0.15, -0.1) is 0 Å². The summed E-state index contributed by atoms with van der Waals surface area (Å²) in [5.74, 6) is 1.72. The summed E-state index contributed by atoms with van der Waals surface area (Å²) in [5, 5.41) is 0. The van der Waals surface area contributed by atoms with Gasteiger partial charge in [-0.05, 0) is 37.5 Å². The van der Waals surface area contributed by atoms with Gasteiger partial charge in [0.05, 0.1) is 13.2 Å². The van der Waals surface area contributed by atoms with Gasteiger partial charge in [0.2, 0.25) is 0 Å². The molecular weight excluding hydrogens is 568 g/mol. The normalized spacial score (nSPS) is 12.7. The Morgan fingerprint density at radius 1 is 0.370 bits per heavy atom. The SMILES string of the molecule is CCCCCCCCCC(=O)OCCCCCCCCC(C)CCCC(C)CCCCCCCOC(=O)CCCCCCCCC. The van der Waals surface area contributed by atoms with Crippen LogP contribution in [-0.4, -0.2) is 25.2 Å². The van der Waals surface area contributed by atoms with E-state index in [1.807, 2.05) is 0 Å². The minimum atomic E-state index is 0.00769. The van der Waals surface area contributed by atoms with Crippen LogP contribution >= 0.6 is 0 Å². The van der Waals surface area contributed by atoms with E-state index in [1.165, 1.54) is 167 Å². The zero-order valence-electron chi connectivity index (χ0n) is 31.8. The second-order valence-corrected chi connectivity index (χ2v) is 14.8. The highest BCUT2D eigenvalue weighted by Gasteiger charge is 2.07. The number of ether oxygens (including phenoxy) is 2. The fourth-order valence-corrected chi connectivity index (χ4v) is 6.50. The predicted octanol–water partition coefficient (Wildman–Crippen LogP) is 13.9. The molecule has 46 heavy (non-hydrogen) atoms. The lowest BCUT2D eigenvalue weighted by atomic mass is 9.92. The van der Waals surface area contributed by atoms with Crippen LogP contribution < -0.4 is 0 Å². The Balaban J connectivity index is 3.38. The van der Waals surface area contributed by atoms with E-state index in [4.69, 9.17) is 9.47 Å². The van der Waals surface area contributed by atoms with Crippen LogP contribution in [0.15, 0.2) is 0 Å². The number of carbonyl (C=O) groups excluding carboxylic acids is 2. The van der Waals surface area contributed by atoms with Crippen molar-refractivity contribution in [1.29, 1.82) is 0 Å². The third-order valence-electron chi connectivity index (χ3n) is 9.82. The molecule has 274 valence electrons. The number of hydrogen-bond acceptors (Lipinski definition) is 4. The van der Waals surface area contributed by atoms with Gasteiger partial charge in [-0.2, -0.15) is 0 Å². The summed E-state index contributed by atoms with van der Waals surface area (Å²) in [6.45, 7) is 10.6. The van der Waals surface area contributed by atoms with Crippen LogP contribution in [0.4, 0.5) is 0 Å². The lowest BCUT2D eigenvalue weighted by Crippen LogP contribution is -2.05. The van der Waals surface area contributed by atoms with Crippen molar-refractivity contribution < 1.29 is 19.1 Å². The average Bonchev–Trinajstić information content (AvgIpc) is 3.04. The maximum atomic E-state index is 11.9. The number of unbranched alkanes of at least 4 members (excludes halogenated alkanes) is 21. The summed E-state index contributed by atoms with van der Waals surface area (Å²) in [4.78, 5) is 23.7. The lowest BCUT2D eigenvalue weighted by Gasteiger charge is -2.14. The molecule has 0 N–H and O–H groups in total.